The first-order valence-corrected chi connectivity index (χ1v) is 8.20. The number of halogens is 1. The predicted octanol–water partition coefficient (Wildman–Crippen LogP) is 4.04. The molecule has 5 heteroatoms. The van der Waals surface area contributed by atoms with E-state index in [9.17, 15) is 14.3 Å². The average Bonchev–Trinajstić information content (AvgIpc) is 2.46. The number of hydrogen-bond donors (Lipinski definition) is 1. The normalized spacial score (nSPS) is 20.2. The van der Waals surface area contributed by atoms with Gasteiger partial charge in [0.2, 0.25) is 0 Å². The highest BCUT2D eigenvalue weighted by molar-refractivity contribution is 5.68. The fraction of sp³-hybridized carbons (Fsp3) is 0.611. The summed E-state index contributed by atoms with van der Waals surface area (Å²) in [5.41, 5.74) is -0.273. The molecule has 1 heterocycles. The highest BCUT2D eigenvalue weighted by Gasteiger charge is 2.32. The van der Waals surface area contributed by atoms with E-state index in [-0.39, 0.29) is 17.7 Å². The molecule has 2 unspecified atom stereocenters. The number of benzene rings is 1. The van der Waals surface area contributed by atoms with Crippen molar-refractivity contribution in [1.29, 1.82) is 0 Å². The zero-order valence-corrected chi connectivity index (χ0v) is 14.1. The van der Waals surface area contributed by atoms with Gasteiger partial charge >= 0.3 is 6.09 Å². The molecule has 2 atom stereocenters. The zero-order chi connectivity index (χ0) is 17.0. The van der Waals surface area contributed by atoms with Crippen molar-refractivity contribution in [2.24, 2.45) is 0 Å². The lowest BCUT2D eigenvalue weighted by Crippen LogP contribution is -2.46. The molecule has 4 nitrogen and oxygen atoms in total. The molecule has 1 saturated heterocycles. The van der Waals surface area contributed by atoms with E-state index in [1.807, 2.05) is 20.8 Å². The van der Waals surface area contributed by atoms with Gasteiger partial charge in [-0.3, -0.25) is 0 Å². The Bertz CT molecular complexity index is 541. The van der Waals surface area contributed by atoms with Gasteiger partial charge in [-0.05, 0) is 52.5 Å². The lowest BCUT2D eigenvalue weighted by Gasteiger charge is -2.37. The number of likely N-dealkylation sites (tertiary alicyclic amines) is 1. The van der Waals surface area contributed by atoms with Crippen LogP contribution >= 0.6 is 0 Å². The van der Waals surface area contributed by atoms with Gasteiger partial charge in [0.1, 0.15) is 11.4 Å². The van der Waals surface area contributed by atoms with Crippen LogP contribution < -0.4 is 0 Å². The molecule has 1 aliphatic rings. The maximum Gasteiger partial charge on any atom is 0.410 e. The maximum atomic E-state index is 13.8. The topological polar surface area (TPSA) is 49.8 Å². The zero-order valence-electron chi connectivity index (χ0n) is 14.1. The highest BCUT2D eigenvalue weighted by atomic mass is 19.1. The van der Waals surface area contributed by atoms with E-state index in [1.54, 1.807) is 23.1 Å². The highest BCUT2D eigenvalue weighted by Crippen LogP contribution is 2.29. The molecule has 0 saturated carbocycles. The maximum absolute atomic E-state index is 13.8. The fourth-order valence-corrected chi connectivity index (χ4v) is 2.94. The molecule has 0 aliphatic carbocycles. The van der Waals surface area contributed by atoms with Crippen LogP contribution in [0.2, 0.25) is 0 Å². The minimum atomic E-state index is -0.927. The molecule has 0 bridgehead atoms. The van der Waals surface area contributed by atoms with E-state index < -0.39 is 17.5 Å². The summed E-state index contributed by atoms with van der Waals surface area (Å²) >= 11 is 0. The largest absolute Gasteiger partial charge is 0.444 e. The summed E-state index contributed by atoms with van der Waals surface area (Å²) < 4.78 is 19.3. The van der Waals surface area contributed by atoms with Gasteiger partial charge in [0, 0.05) is 18.2 Å². The molecule has 0 aromatic heterocycles. The summed E-state index contributed by atoms with van der Waals surface area (Å²) in [4.78, 5) is 14.0. The third kappa shape index (κ3) is 4.93. The van der Waals surface area contributed by atoms with Crippen LogP contribution in [0.3, 0.4) is 0 Å². The number of aliphatic hydroxyl groups excluding tert-OH is 1. The van der Waals surface area contributed by atoms with Crippen molar-refractivity contribution >= 4 is 6.09 Å². The second-order valence-electron chi connectivity index (χ2n) is 7.10. The predicted molar refractivity (Wildman–Crippen MR) is 86.6 cm³/mol. The summed E-state index contributed by atoms with van der Waals surface area (Å²) in [6.45, 7) is 6.11. The van der Waals surface area contributed by atoms with Crippen LogP contribution in [0, 0.1) is 5.82 Å². The smallest absolute Gasteiger partial charge is 0.410 e. The van der Waals surface area contributed by atoms with Gasteiger partial charge < -0.3 is 14.7 Å². The van der Waals surface area contributed by atoms with Crippen LogP contribution in [0.5, 0.6) is 0 Å². The van der Waals surface area contributed by atoms with Crippen molar-refractivity contribution in [2.75, 3.05) is 6.54 Å². The molecule has 1 aliphatic heterocycles. The second-order valence-corrected chi connectivity index (χ2v) is 7.10. The Balaban J connectivity index is 2.06. The molecule has 1 aromatic rings. The standard InChI is InChI=1S/C18H26FNO3/c1-18(2,3)23-17(22)20-11-7-6-8-13(20)12-16(21)14-9-4-5-10-15(14)19/h4-5,9-10,13,16,21H,6-8,11-12H2,1-3H3. The minimum Gasteiger partial charge on any atom is -0.444 e. The molecule has 0 radical (unpaired) electrons. The molecule has 128 valence electrons. The van der Waals surface area contributed by atoms with E-state index >= 15 is 0 Å². The van der Waals surface area contributed by atoms with Gasteiger partial charge in [0.15, 0.2) is 0 Å². The summed E-state index contributed by atoms with van der Waals surface area (Å²) in [6.07, 6.45) is 1.75. The van der Waals surface area contributed by atoms with Gasteiger partial charge in [0.25, 0.3) is 0 Å². The van der Waals surface area contributed by atoms with E-state index in [4.69, 9.17) is 4.74 Å². The number of nitrogens with zero attached hydrogens (tertiary/aromatic N) is 1. The molecule has 23 heavy (non-hydrogen) atoms. The quantitative estimate of drug-likeness (QED) is 0.913. The van der Waals surface area contributed by atoms with Crippen LogP contribution in [-0.4, -0.2) is 34.3 Å². The Morgan fingerprint density at radius 3 is 2.74 bits per heavy atom. The van der Waals surface area contributed by atoms with Crippen LogP contribution in [0.25, 0.3) is 0 Å². The summed E-state index contributed by atoms with van der Waals surface area (Å²) in [5, 5.41) is 10.4. The van der Waals surface area contributed by atoms with Gasteiger partial charge in [-0.1, -0.05) is 18.2 Å². The van der Waals surface area contributed by atoms with Crippen molar-refractivity contribution in [3.8, 4) is 0 Å². The van der Waals surface area contributed by atoms with Crippen molar-refractivity contribution in [3.63, 3.8) is 0 Å². The van der Waals surface area contributed by atoms with Gasteiger partial charge in [-0.2, -0.15) is 0 Å². The molecule has 2 rings (SSSR count). The monoisotopic (exact) mass is 323 g/mol. The lowest BCUT2D eigenvalue weighted by molar-refractivity contribution is 0.00220. The molecule has 0 spiro atoms. The number of rotatable bonds is 3. The Morgan fingerprint density at radius 1 is 1.39 bits per heavy atom. The molecule has 1 aromatic carbocycles. The Morgan fingerprint density at radius 2 is 2.09 bits per heavy atom. The molecule has 1 amide bonds. The Labute approximate surface area is 137 Å². The third-order valence-corrected chi connectivity index (χ3v) is 4.01. The first kappa shape index (κ1) is 17.7. The van der Waals surface area contributed by atoms with Crippen molar-refractivity contribution in [3.05, 3.63) is 35.6 Å². The number of ether oxygens (including phenoxy) is 1. The van der Waals surface area contributed by atoms with E-state index in [0.29, 0.717) is 13.0 Å². The van der Waals surface area contributed by atoms with Gasteiger partial charge in [-0.25, -0.2) is 9.18 Å². The molecular weight excluding hydrogens is 297 g/mol. The lowest BCUT2D eigenvalue weighted by atomic mass is 9.94. The van der Waals surface area contributed by atoms with Crippen molar-refractivity contribution < 1.29 is 19.0 Å². The first-order valence-electron chi connectivity index (χ1n) is 8.20. The van der Waals surface area contributed by atoms with Crippen LogP contribution in [-0.2, 0) is 4.74 Å². The number of carbonyl (C=O) groups is 1. The van der Waals surface area contributed by atoms with Crippen LogP contribution in [0.1, 0.15) is 58.1 Å². The summed E-state index contributed by atoms with van der Waals surface area (Å²) in [5.74, 6) is -0.417. The summed E-state index contributed by atoms with van der Waals surface area (Å²) in [7, 11) is 0. The molecule has 1 fully saturated rings. The number of amides is 1. The van der Waals surface area contributed by atoms with Crippen LogP contribution in [0.15, 0.2) is 24.3 Å². The number of carbonyl (C=O) groups excluding carboxylic acids is 1. The number of piperidine rings is 1. The second kappa shape index (κ2) is 7.30. The van der Waals surface area contributed by atoms with Crippen LogP contribution in [0.4, 0.5) is 9.18 Å². The van der Waals surface area contributed by atoms with Gasteiger partial charge in [-0.15, -0.1) is 0 Å². The Kier molecular flexibility index (Phi) is 5.63. The third-order valence-electron chi connectivity index (χ3n) is 4.01. The van der Waals surface area contributed by atoms with E-state index in [2.05, 4.69) is 0 Å². The van der Waals surface area contributed by atoms with Gasteiger partial charge in [0.05, 0.1) is 6.10 Å². The number of aliphatic hydroxyl groups is 1. The molecule has 1 N–H and O–H groups in total. The first-order chi connectivity index (χ1) is 10.8. The van der Waals surface area contributed by atoms with E-state index in [0.717, 1.165) is 19.3 Å². The van der Waals surface area contributed by atoms with Crippen molar-refractivity contribution in [2.45, 2.75) is 64.2 Å². The summed E-state index contributed by atoms with van der Waals surface area (Å²) in [6, 6.07) is 6.09. The average molecular weight is 323 g/mol. The Hall–Kier alpha value is -1.62. The molecular formula is C18H26FNO3. The SMILES string of the molecule is CC(C)(C)OC(=O)N1CCCCC1CC(O)c1ccccc1F. The fourth-order valence-electron chi connectivity index (χ4n) is 2.94. The number of hydrogen-bond acceptors (Lipinski definition) is 3. The van der Waals surface area contributed by atoms with E-state index in [1.165, 1.54) is 6.07 Å². The van der Waals surface area contributed by atoms with Crippen molar-refractivity contribution in [1.82, 2.24) is 4.90 Å². The minimum absolute atomic E-state index is 0.131.